The van der Waals surface area contributed by atoms with Crippen LogP contribution in [0.1, 0.15) is 20.3 Å². The number of nitrogens with one attached hydrogen (secondary N) is 1. The molecule has 0 heterocycles. The fourth-order valence-electron chi connectivity index (χ4n) is 1.73. The topological polar surface area (TPSA) is 92.7 Å². The molecule has 0 bridgehead atoms. The Bertz CT molecular complexity index is 615. The second kappa shape index (κ2) is 7.24. The van der Waals surface area contributed by atoms with Crippen molar-refractivity contribution >= 4 is 31.9 Å². The lowest BCUT2D eigenvalue weighted by molar-refractivity contribution is -0.139. The van der Waals surface area contributed by atoms with E-state index in [1.54, 1.807) is 0 Å². The van der Waals surface area contributed by atoms with Gasteiger partial charge < -0.3 is 9.84 Å². The number of rotatable bonds is 7. The predicted octanol–water partition coefficient (Wildman–Crippen LogP) is 2.24. The van der Waals surface area contributed by atoms with Gasteiger partial charge in [-0.1, -0.05) is 13.8 Å². The van der Waals surface area contributed by atoms with Gasteiger partial charge in [-0.15, -0.1) is 0 Å². The summed E-state index contributed by atoms with van der Waals surface area (Å²) in [5.74, 6) is -0.793. The standard InChI is InChI=1S/C13H18BrNO5S/c1-8(2)6-11(13(16)17)15-21(18,19)9-4-5-10(14)12(7-9)20-3/h4-5,7-8,11,15H,6H2,1-3H3,(H,16,17)/t11-/m1/s1. The summed E-state index contributed by atoms with van der Waals surface area (Å²) in [6.45, 7) is 3.65. The minimum atomic E-state index is -3.93. The highest BCUT2D eigenvalue weighted by molar-refractivity contribution is 9.10. The van der Waals surface area contributed by atoms with Crippen molar-refractivity contribution in [1.29, 1.82) is 0 Å². The second-order valence-electron chi connectivity index (χ2n) is 4.94. The average molecular weight is 380 g/mol. The molecule has 0 aliphatic rings. The molecule has 0 fully saturated rings. The zero-order valence-corrected chi connectivity index (χ0v) is 14.4. The molecule has 1 rings (SSSR count). The lowest BCUT2D eigenvalue weighted by Gasteiger charge is -2.17. The Kier molecular flexibility index (Phi) is 6.18. The molecule has 0 saturated heterocycles. The highest BCUT2D eigenvalue weighted by Gasteiger charge is 2.26. The molecule has 0 radical (unpaired) electrons. The van der Waals surface area contributed by atoms with Crippen LogP contribution in [-0.4, -0.2) is 32.6 Å². The molecule has 1 aromatic rings. The molecular weight excluding hydrogens is 362 g/mol. The van der Waals surface area contributed by atoms with Gasteiger partial charge in [0.15, 0.2) is 0 Å². The molecule has 2 N–H and O–H groups in total. The van der Waals surface area contributed by atoms with Gasteiger partial charge in [0.2, 0.25) is 10.0 Å². The number of carboxylic acids is 1. The molecule has 118 valence electrons. The van der Waals surface area contributed by atoms with E-state index in [1.165, 1.54) is 25.3 Å². The maximum Gasteiger partial charge on any atom is 0.321 e. The van der Waals surface area contributed by atoms with E-state index in [0.29, 0.717) is 10.2 Å². The van der Waals surface area contributed by atoms with Crippen molar-refractivity contribution in [3.8, 4) is 5.75 Å². The Morgan fingerprint density at radius 1 is 1.43 bits per heavy atom. The van der Waals surface area contributed by atoms with Crippen molar-refractivity contribution in [1.82, 2.24) is 4.72 Å². The van der Waals surface area contributed by atoms with Gasteiger partial charge >= 0.3 is 5.97 Å². The van der Waals surface area contributed by atoms with E-state index in [4.69, 9.17) is 9.84 Å². The van der Waals surface area contributed by atoms with Gasteiger partial charge in [0.05, 0.1) is 16.5 Å². The number of aliphatic carboxylic acids is 1. The lowest BCUT2D eigenvalue weighted by Crippen LogP contribution is -2.41. The number of hydrogen-bond acceptors (Lipinski definition) is 4. The summed E-state index contributed by atoms with van der Waals surface area (Å²) >= 11 is 3.23. The third kappa shape index (κ3) is 4.98. The fourth-order valence-corrected chi connectivity index (χ4v) is 3.36. The third-order valence-electron chi connectivity index (χ3n) is 2.74. The zero-order chi connectivity index (χ0) is 16.2. The van der Waals surface area contributed by atoms with Gasteiger partial charge in [-0.2, -0.15) is 4.72 Å². The SMILES string of the molecule is COc1cc(S(=O)(=O)N[C@H](CC(C)C)C(=O)O)ccc1Br. The Labute approximate surface area is 132 Å². The largest absolute Gasteiger partial charge is 0.496 e. The average Bonchev–Trinajstić information content (AvgIpc) is 2.37. The van der Waals surface area contributed by atoms with Crippen LogP contribution >= 0.6 is 15.9 Å². The minimum Gasteiger partial charge on any atom is -0.496 e. The Morgan fingerprint density at radius 2 is 2.05 bits per heavy atom. The quantitative estimate of drug-likeness (QED) is 0.757. The number of benzene rings is 1. The van der Waals surface area contributed by atoms with Gasteiger partial charge in [0.25, 0.3) is 0 Å². The van der Waals surface area contributed by atoms with Crippen LogP contribution < -0.4 is 9.46 Å². The summed E-state index contributed by atoms with van der Waals surface area (Å²) in [7, 11) is -2.51. The van der Waals surface area contributed by atoms with Crippen molar-refractivity contribution in [3.63, 3.8) is 0 Å². The van der Waals surface area contributed by atoms with Crippen molar-refractivity contribution in [2.45, 2.75) is 31.2 Å². The van der Waals surface area contributed by atoms with Gasteiger partial charge in [0.1, 0.15) is 11.8 Å². The smallest absolute Gasteiger partial charge is 0.321 e. The molecule has 0 amide bonds. The molecule has 0 saturated carbocycles. The first kappa shape index (κ1) is 17.9. The number of methoxy groups -OCH3 is 1. The Hall–Kier alpha value is -1.12. The van der Waals surface area contributed by atoms with E-state index >= 15 is 0 Å². The predicted molar refractivity (Wildman–Crippen MR) is 81.9 cm³/mol. The van der Waals surface area contributed by atoms with E-state index in [-0.39, 0.29) is 17.2 Å². The van der Waals surface area contributed by atoms with Gasteiger partial charge in [-0.25, -0.2) is 8.42 Å². The maximum atomic E-state index is 12.3. The van der Waals surface area contributed by atoms with Crippen LogP contribution in [0.3, 0.4) is 0 Å². The first-order valence-electron chi connectivity index (χ1n) is 6.26. The van der Waals surface area contributed by atoms with Crippen LogP contribution in [0.5, 0.6) is 5.75 Å². The summed E-state index contributed by atoms with van der Waals surface area (Å²) in [4.78, 5) is 11.1. The summed E-state index contributed by atoms with van der Waals surface area (Å²) in [6.07, 6.45) is 0.211. The highest BCUT2D eigenvalue weighted by atomic mass is 79.9. The normalized spacial score (nSPS) is 13.2. The molecule has 1 aromatic carbocycles. The van der Waals surface area contributed by atoms with E-state index in [2.05, 4.69) is 20.7 Å². The Morgan fingerprint density at radius 3 is 2.52 bits per heavy atom. The van der Waals surface area contributed by atoms with Crippen LogP contribution in [0, 0.1) is 5.92 Å². The number of carbonyl (C=O) groups is 1. The summed E-state index contributed by atoms with van der Waals surface area (Å²) in [5, 5.41) is 9.12. The third-order valence-corrected chi connectivity index (χ3v) is 4.86. The monoisotopic (exact) mass is 379 g/mol. The van der Waals surface area contributed by atoms with Gasteiger partial charge in [-0.3, -0.25) is 4.79 Å². The number of carboxylic acid groups (broad SMARTS) is 1. The molecule has 0 aromatic heterocycles. The highest BCUT2D eigenvalue weighted by Crippen LogP contribution is 2.27. The van der Waals surface area contributed by atoms with Crippen LogP contribution in [0.15, 0.2) is 27.6 Å². The van der Waals surface area contributed by atoms with Crippen molar-refractivity contribution in [3.05, 3.63) is 22.7 Å². The van der Waals surface area contributed by atoms with Gasteiger partial charge in [-0.05, 0) is 40.4 Å². The molecule has 0 aliphatic carbocycles. The molecule has 6 nitrogen and oxygen atoms in total. The van der Waals surface area contributed by atoms with Crippen molar-refractivity contribution in [2.24, 2.45) is 5.92 Å². The number of sulfonamides is 1. The van der Waals surface area contributed by atoms with E-state index < -0.39 is 22.0 Å². The number of ether oxygens (including phenoxy) is 1. The van der Waals surface area contributed by atoms with Crippen LogP contribution in [0.2, 0.25) is 0 Å². The van der Waals surface area contributed by atoms with Crippen LogP contribution in [0.25, 0.3) is 0 Å². The van der Waals surface area contributed by atoms with Gasteiger partial charge in [0, 0.05) is 6.07 Å². The molecule has 0 unspecified atom stereocenters. The summed E-state index contributed by atoms with van der Waals surface area (Å²) in [5.41, 5.74) is 0. The summed E-state index contributed by atoms with van der Waals surface area (Å²) < 4.78 is 32.4. The first-order valence-corrected chi connectivity index (χ1v) is 8.53. The van der Waals surface area contributed by atoms with Crippen molar-refractivity contribution in [2.75, 3.05) is 7.11 Å². The Balaban J connectivity index is 3.07. The molecular formula is C13H18BrNO5S. The molecule has 1 atom stereocenters. The van der Waals surface area contributed by atoms with Crippen LogP contribution in [-0.2, 0) is 14.8 Å². The first-order chi connectivity index (χ1) is 9.67. The molecule has 0 spiro atoms. The molecule has 21 heavy (non-hydrogen) atoms. The second-order valence-corrected chi connectivity index (χ2v) is 7.51. The minimum absolute atomic E-state index is 0.0439. The van der Waals surface area contributed by atoms with E-state index in [1.807, 2.05) is 13.8 Å². The van der Waals surface area contributed by atoms with E-state index in [0.717, 1.165) is 0 Å². The summed E-state index contributed by atoms with van der Waals surface area (Å²) in [6, 6.07) is 3.08. The fraction of sp³-hybridized carbons (Fsp3) is 0.462. The lowest BCUT2D eigenvalue weighted by atomic mass is 10.1. The number of hydrogen-bond donors (Lipinski definition) is 2. The zero-order valence-electron chi connectivity index (χ0n) is 12.0. The molecule has 8 heteroatoms. The van der Waals surface area contributed by atoms with Crippen molar-refractivity contribution < 1.29 is 23.1 Å². The van der Waals surface area contributed by atoms with Crippen LogP contribution in [0.4, 0.5) is 0 Å². The van der Waals surface area contributed by atoms with E-state index in [9.17, 15) is 13.2 Å². The maximum absolute atomic E-state index is 12.3. The number of halogens is 1. The molecule has 0 aliphatic heterocycles.